The van der Waals surface area contributed by atoms with E-state index in [0.29, 0.717) is 5.82 Å². The lowest BCUT2D eigenvalue weighted by Crippen LogP contribution is -2.38. The van der Waals surface area contributed by atoms with Gasteiger partial charge in [-0.25, -0.2) is 23.4 Å². The summed E-state index contributed by atoms with van der Waals surface area (Å²) in [5, 5.41) is 4.16. The van der Waals surface area contributed by atoms with Crippen molar-refractivity contribution in [1.82, 2.24) is 29.1 Å². The zero-order valence-electron chi connectivity index (χ0n) is 17.1. The normalized spacial score (nSPS) is 15.0. The van der Waals surface area contributed by atoms with E-state index < -0.39 is 21.6 Å². The quantitative estimate of drug-likeness (QED) is 0.457. The summed E-state index contributed by atoms with van der Waals surface area (Å²) in [7, 11) is -2.23. The van der Waals surface area contributed by atoms with Gasteiger partial charge in [0.25, 0.3) is 0 Å². The van der Waals surface area contributed by atoms with Crippen LogP contribution < -0.4 is 4.90 Å². The Hall–Kier alpha value is -3.22. The van der Waals surface area contributed by atoms with E-state index in [2.05, 4.69) is 20.1 Å². The Labute approximate surface area is 180 Å². The van der Waals surface area contributed by atoms with Crippen LogP contribution in [0, 0.1) is 0 Å². The summed E-state index contributed by atoms with van der Waals surface area (Å²) in [6.07, 6.45) is -1.28. The van der Waals surface area contributed by atoms with Crippen LogP contribution in [0.3, 0.4) is 0 Å². The minimum absolute atomic E-state index is 0.00424. The van der Waals surface area contributed by atoms with Gasteiger partial charge in [0.05, 0.1) is 11.3 Å². The molecule has 0 bridgehead atoms. The van der Waals surface area contributed by atoms with Crippen molar-refractivity contribution in [3.8, 4) is 11.4 Å². The lowest BCUT2D eigenvalue weighted by molar-refractivity contribution is -0.137. The van der Waals surface area contributed by atoms with Crippen molar-refractivity contribution in [2.24, 2.45) is 7.05 Å². The Morgan fingerprint density at radius 3 is 2.53 bits per heavy atom. The van der Waals surface area contributed by atoms with Gasteiger partial charge in [-0.2, -0.15) is 22.8 Å². The summed E-state index contributed by atoms with van der Waals surface area (Å²) in [5.41, 5.74) is -0.352. The molecule has 0 N–H and O–H groups in total. The number of fused-ring (bicyclic) bond motifs is 2. The third-order valence-electron chi connectivity index (χ3n) is 5.58. The van der Waals surface area contributed by atoms with E-state index in [0.717, 1.165) is 31.8 Å². The van der Waals surface area contributed by atoms with Crippen molar-refractivity contribution < 1.29 is 21.6 Å². The van der Waals surface area contributed by atoms with Crippen molar-refractivity contribution in [3.05, 3.63) is 30.1 Å². The number of hydrogen-bond donors (Lipinski definition) is 0. The monoisotopic (exact) mass is 465 g/mol. The number of hydrogen-bond acceptors (Lipinski definition) is 7. The van der Waals surface area contributed by atoms with Crippen molar-refractivity contribution >= 4 is 32.5 Å². The van der Waals surface area contributed by atoms with Crippen molar-refractivity contribution in [3.63, 3.8) is 0 Å². The standard InChI is InChI=1S/C19H18F3N7O2S/c1-3-32(30,31)18-14(16-23-6-5-13(29(16)26-18)28-7-4-8-28)17-25-12-9-11(19(20,21)22)10-24-15(12)27(17)2/h5-6,9-10H,3-4,7-8H2,1-2H3. The Morgan fingerprint density at radius 2 is 1.91 bits per heavy atom. The first-order chi connectivity index (χ1) is 15.1. The lowest BCUT2D eigenvalue weighted by atomic mass is 10.2. The molecule has 0 saturated carbocycles. The van der Waals surface area contributed by atoms with Gasteiger partial charge in [-0.05, 0) is 18.6 Å². The molecule has 0 radical (unpaired) electrons. The van der Waals surface area contributed by atoms with Crippen LogP contribution in [0.25, 0.3) is 28.2 Å². The molecule has 5 heterocycles. The molecule has 1 aliphatic heterocycles. The molecule has 4 aromatic rings. The highest BCUT2D eigenvalue weighted by molar-refractivity contribution is 7.91. The number of imidazole rings is 1. The number of alkyl halides is 3. The van der Waals surface area contributed by atoms with E-state index in [-0.39, 0.29) is 39.0 Å². The maximum absolute atomic E-state index is 13.1. The van der Waals surface area contributed by atoms with Crippen molar-refractivity contribution in [1.29, 1.82) is 0 Å². The molecule has 13 heteroatoms. The molecule has 1 fully saturated rings. The van der Waals surface area contributed by atoms with Crippen LogP contribution in [0.4, 0.5) is 19.0 Å². The molecule has 0 unspecified atom stereocenters. The lowest BCUT2D eigenvalue weighted by Gasteiger charge is -2.32. The summed E-state index contributed by atoms with van der Waals surface area (Å²) in [6.45, 7) is 3.11. The van der Waals surface area contributed by atoms with Crippen LogP contribution in [0.2, 0.25) is 0 Å². The van der Waals surface area contributed by atoms with E-state index in [1.807, 2.05) is 4.90 Å². The summed E-state index contributed by atoms with van der Waals surface area (Å²) < 4.78 is 68.2. The van der Waals surface area contributed by atoms with Crippen LogP contribution in [0.15, 0.2) is 29.6 Å². The summed E-state index contributed by atoms with van der Waals surface area (Å²) in [6, 6.07) is 2.64. The second-order valence-corrected chi connectivity index (χ2v) is 9.72. The molecule has 0 aliphatic carbocycles. The maximum atomic E-state index is 13.1. The molecule has 1 aliphatic rings. The first kappa shape index (κ1) is 20.7. The fourth-order valence-electron chi connectivity index (χ4n) is 3.70. The molecular formula is C19H18F3N7O2S. The number of rotatable bonds is 4. The van der Waals surface area contributed by atoms with Gasteiger partial charge in [-0.15, -0.1) is 0 Å². The largest absolute Gasteiger partial charge is 0.417 e. The predicted octanol–water partition coefficient (Wildman–Crippen LogP) is 2.70. The molecule has 168 valence electrons. The SMILES string of the molecule is CCS(=O)(=O)c1nn2c(N3CCC3)ccnc2c1-c1nc2cc(C(F)(F)F)cnc2n1C. The zero-order chi connectivity index (χ0) is 22.8. The third kappa shape index (κ3) is 3.02. The van der Waals surface area contributed by atoms with Gasteiger partial charge in [0.1, 0.15) is 22.7 Å². The van der Waals surface area contributed by atoms with Crippen LogP contribution in [-0.4, -0.2) is 56.4 Å². The van der Waals surface area contributed by atoms with Gasteiger partial charge in [0, 0.05) is 32.5 Å². The Morgan fingerprint density at radius 1 is 1.16 bits per heavy atom. The van der Waals surface area contributed by atoms with Gasteiger partial charge in [0.15, 0.2) is 26.2 Å². The Kier molecular flexibility index (Phi) is 4.45. The van der Waals surface area contributed by atoms with Gasteiger partial charge < -0.3 is 9.47 Å². The second kappa shape index (κ2) is 6.89. The van der Waals surface area contributed by atoms with Gasteiger partial charge in [0.2, 0.25) is 0 Å². The minimum atomic E-state index is -4.58. The average molecular weight is 465 g/mol. The van der Waals surface area contributed by atoms with E-state index >= 15 is 0 Å². The number of pyridine rings is 1. The molecule has 1 saturated heterocycles. The highest BCUT2D eigenvalue weighted by atomic mass is 32.2. The first-order valence-electron chi connectivity index (χ1n) is 9.87. The molecule has 0 aromatic carbocycles. The fourth-order valence-corrected chi connectivity index (χ4v) is 4.68. The highest BCUT2D eigenvalue weighted by Gasteiger charge is 2.33. The molecule has 5 rings (SSSR count). The number of aryl methyl sites for hydroxylation is 1. The zero-order valence-corrected chi connectivity index (χ0v) is 17.9. The summed E-state index contributed by atoms with van der Waals surface area (Å²) >= 11 is 0. The molecule has 0 spiro atoms. The van der Waals surface area contributed by atoms with Crippen LogP contribution in [0.1, 0.15) is 18.9 Å². The second-order valence-electron chi connectivity index (χ2n) is 7.52. The third-order valence-corrected chi connectivity index (χ3v) is 7.22. The van der Waals surface area contributed by atoms with Crippen molar-refractivity contribution in [2.45, 2.75) is 24.5 Å². The molecular weight excluding hydrogens is 447 g/mol. The van der Waals surface area contributed by atoms with Gasteiger partial charge in [-0.1, -0.05) is 6.92 Å². The van der Waals surface area contributed by atoms with Gasteiger partial charge in [-0.3, -0.25) is 0 Å². The molecule has 0 amide bonds. The molecule has 32 heavy (non-hydrogen) atoms. The first-order valence-corrected chi connectivity index (χ1v) is 11.5. The number of anilines is 1. The van der Waals surface area contributed by atoms with Crippen LogP contribution in [-0.2, 0) is 23.1 Å². The van der Waals surface area contributed by atoms with E-state index in [9.17, 15) is 21.6 Å². The van der Waals surface area contributed by atoms with Crippen LogP contribution >= 0.6 is 0 Å². The topological polar surface area (TPSA) is 98.3 Å². The summed E-state index contributed by atoms with van der Waals surface area (Å²) in [4.78, 5) is 14.6. The number of nitrogens with zero attached hydrogens (tertiary/aromatic N) is 7. The number of sulfone groups is 1. The highest BCUT2D eigenvalue weighted by Crippen LogP contribution is 2.36. The van der Waals surface area contributed by atoms with Gasteiger partial charge >= 0.3 is 6.18 Å². The average Bonchev–Trinajstić information content (AvgIpc) is 3.25. The van der Waals surface area contributed by atoms with Crippen molar-refractivity contribution in [2.75, 3.05) is 23.7 Å². The van der Waals surface area contributed by atoms with E-state index in [1.165, 1.54) is 16.0 Å². The number of aromatic nitrogens is 6. The molecule has 4 aromatic heterocycles. The smallest absolute Gasteiger partial charge is 0.356 e. The number of halogens is 3. The maximum Gasteiger partial charge on any atom is 0.417 e. The predicted molar refractivity (Wildman–Crippen MR) is 110 cm³/mol. The minimum Gasteiger partial charge on any atom is -0.356 e. The summed E-state index contributed by atoms with van der Waals surface area (Å²) in [5.74, 6) is 0.613. The fraction of sp³-hybridized carbons (Fsp3) is 0.368. The van der Waals surface area contributed by atoms with E-state index in [4.69, 9.17) is 0 Å². The molecule has 9 nitrogen and oxygen atoms in total. The Bertz CT molecular complexity index is 1470. The van der Waals surface area contributed by atoms with E-state index in [1.54, 1.807) is 19.3 Å². The molecule has 0 atom stereocenters. The Balaban J connectivity index is 1.82. The van der Waals surface area contributed by atoms with Crippen LogP contribution in [0.5, 0.6) is 0 Å².